The number of amides is 1. The number of nitrogens with one attached hydrogen (secondary N) is 1. The van der Waals surface area contributed by atoms with Crippen LogP contribution in [0, 0.1) is 0 Å². The molecule has 5 nitrogen and oxygen atoms in total. The van der Waals surface area contributed by atoms with E-state index < -0.39 is 0 Å². The quantitative estimate of drug-likeness (QED) is 0.902. The number of carbonyl (C=O) groups is 1. The molecule has 0 aliphatic heterocycles. The van der Waals surface area contributed by atoms with Gasteiger partial charge >= 0.3 is 0 Å². The van der Waals surface area contributed by atoms with Crippen molar-refractivity contribution in [1.29, 1.82) is 0 Å². The largest absolute Gasteiger partial charge is 0.484 e. The molecule has 0 saturated carbocycles. The number of thiazole rings is 1. The molecule has 0 fully saturated rings. The Balaban J connectivity index is 1.50. The molecule has 1 heterocycles. The van der Waals surface area contributed by atoms with Gasteiger partial charge in [-0.15, -0.1) is 11.3 Å². The summed E-state index contributed by atoms with van der Waals surface area (Å²) in [6, 6.07) is 9.48. The van der Waals surface area contributed by atoms with Gasteiger partial charge in [-0.1, -0.05) is 18.2 Å². The van der Waals surface area contributed by atoms with Crippen molar-refractivity contribution in [2.45, 2.75) is 25.3 Å². The number of benzene rings is 1. The minimum absolute atomic E-state index is 0.0399. The van der Waals surface area contributed by atoms with Gasteiger partial charge in [-0.05, 0) is 25.0 Å². The minimum Gasteiger partial charge on any atom is -0.484 e. The molecule has 3 rings (SSSR count). The number of ether oxygens (including phenoxy) is 1. The Morgan fingerprint density at radius 1 is 1.43 bits per heavy atom. The summed E-state index contributed by atoms with van der Waals surface area (Å²) in [6.45, 7) is 0.0399. The molecule has 1 aromatic heterocycles. The fraction of sp³-hybridized carbons (Fsp3) is 0.333. The lowest BCUT2D eigenvalue weighted by Crippen LogP contribution is -2.40. The van der Waals surface area contributed by atoms with Crippen molar-refractivity contribution in [3.05, 3.63) is 40.9 Å². The Hall–Kier alpha value is -2.08. The van der Waals surface area contributed by atoms with Crippen molar-refractivity contribution >= 4 is 22.4 Å². The van der Waals surface area contributed by atoms with Gasteiger partial charge in [-0.25, -0.2) is 4.98 Å². The Labute approximate surface area is 127 Å². The third-order valence-electron chi connectivity index (χ3n) is 3.43. The SMILES string of the molecule is Nc1nc2c(s1)CC(NC(=O)COc1ccccc1)CC2. The summed E-state index contributed by atoms with van der Waals surface area (Å²) in [5, 5.41) is 3.62. The van der Waals surface area contributed by atoms with Crippen molar-refractivity contribution in [2.75, 3.05) is 12.3 Å². The standard InChI is InChI=1S/C15H17N3O2S/c16-15-18-12-7-6-10(8-13(12)21-15)17-14(19)9-20-11-4-2-1-3-5-11/h1-5,10H,6-9H2,(H2,16,18)(H,17,19). The van der Waals surface area contributed by atoms with Crippen LogP contribution >= 0.6 is 11.3 Å². The number of rotatable bonds is 4. The van der Waals surface area contributed by atoms with Crippen LogP contribution in [0.15, 0.2) is 30.3 Å². The number of aryl methyl sites for hydroxylation is 1. The average molecular weight is 303 g/mol. The van der Waals surface area contributed by atoms with Gasteiger partial charge in [-0.3, -0.25) is 4.79 Å². The van der Waals surface area contributed by atoms with Crippen LogP contribution in [0.2, 0.25) is 0 Å². The van der Waals surface area contributed by atoms with E-state index in [1.54, 1.807) is 0 Å². The zero-order valence-electron chi connectivity index (χ0n) is 11.5. The van der Waals surface area contributed by atoms with E-state index in [-0.39, 0.29) is 18.6 Å². The summed E-state index contributed by atoms with van der Waals surface area (Å²) in [5.74, 6) is 0.610. The molecule has 0 bridgehead atoms. The van der Waals surface area contributed by atoms with Crippen molar-refractivity contribution in [3.63, 3.8) is 0 Å². The number of nitrogen functional groups attached to an aromatic ring is 1. The minimum atomic E-state index is -0.0928. The third-order valence-corrected chi connectivity index (χ3v) is 4.38. The monoisotopic (exact) mass is 303 g/mol. The first-order chi connectivity index (χ1) is 10.2. The van der Waals surface area contributed by atoms with Crippen LogP contribution in [0.4, 0.5) is 5.13 Å². The predicted molar refractivity (Wildman–Crippen MR) is 82.4 cm³/mol. The Morgan fingerprint density at radius 3 is 3.05 bits per heavy atom. The molecule has 3 N–H and O–H groups in total. The highest BCUT2D eigenvalue weighted by molar-refractivity contribution is 7.15. The van der Waals surface area contributed by atoms with E-state index in [9.17, 15) is 4.79 Å². The smallest absolute Gasteiger partial charge is 0.258 e. The van der Waals surface area contributed by atoms with Gasteiger partial charge in [0.1, 0.15) is 5.75 Å². The summed E-state index contributed by atoms with van der Waals surface area (Å²) in [6.07, 6.45) is 2.57. The fourth-order valence-electron chi connectivity index (χ4n) is 2.45. The molecule has 0 radical (unpaired) electrons. The van der Waals surface area contributed by atoms with Crippen molar-refractivity contribution in [3.8, 4) is 5.75 Å². The van der Waals surface area contributed by atoms with Gasteiger partial charge in [0, 0.05) is 17.3 Å². The number of hydrogen-bond donors (Lipinski definition) is 2. The van der Waals surface area contributed by atoms with Crippen LogP contribution in [0.3, 0.4) is 0 Å². The third kappa shape index (κ3) is 3.52. The zero-order valence-corrected chi connectivity index (χ0v) is 12.4. The lowest BCUT2D eigenvalue weighted by molar-refractivity contribution is -0.123. The summed E-state index contributed by atoms with van der Waals surface area (Å²) in [7, 11) is 0. The van der Waals surface area contributed by atoms with E-state index >= 15 is 0 Å². The number of nitrogens with zero attached hydrogens (tertiary/aromatic N) is 1. The van der Waals surface area contributed by atoms with Crippen molar-refractivity contribution < 1.29 is 9.53 Å². The Bertz CT molecular complexity index is 627. The molecule has 1 aromatic carbocycles. The van der Waals surface area contributed by atoms with Crippen LogP contribution in [-0.4, -0.2) is 23.5 Å². The lowest BCUT2D eigenvalue weighted by Gasteiger charge is -2.22. The molecular weight excluding hydrogens is 286 g/mol. The number of hydrogen-bond acceptors (Lipinski definition) is 5. The molecule has 1 aliphatic carbocycles. The van der Waals surface area contributed by atoms with Crippen LogP contribution in [0.1, 0.15) is 17.0 Å². The first-order valence-electron chi connectivity index (χ1n) is 6.92. The highest BCUT2D eigenvalue weighted by Gasteiger charge is 2.23. The van der Waals surface area contributed by atoms with Crippen LogP contribution < -0.4 is 15.8 Å². The Kier molecular flexibility index (Phi) is 4.06. The molecular formula is C15H17N3O2S. The van der Waals surface area contributed by atoms with E-state index in [1.807, 2.05) is 30.3 Å². The topological polar surface area (TPSA) is 77.2 Å². The molecule has 6 heteroatoms. The second-order valence-electron chi connectivity index (χ2n) is 5.03. The Morgan fingerprint density at radius 2 is 2.24 bits per heavy atom. The van der Waals surface area contributed by atoms with Gasteiger partial charge in [0.25, 0.3) is 5.91 Å². The normalized spacial score (nSPS) is 17.0. The zero-order chi connectivity index (χ0) is 14.7. The summed E-state index contributed by atoms with van der Waals surface area (Å²) in [4.78, 5) is 17.4. The van der Waals surface area contributed by atoms with Gasteiger partial charge in [-0.2, -0.15) is 0 Å². The molecule has 1 amide bonds. The second-order valence-corrected chi connectivity index (χ2v) is 6.15. The summed E-state index contributed by atoms with van der Waals surface area (Å²) >= 11 is 1.52. The molecule has 21 heavy (non-hydrogen) atoms. The van der Waals surface area contributed by atoms with E-state index in [2.05, 4.69) is 10.3 Å². The van der Waals surface area contributed by atoms with Gasteiger partial charge in [0.05, 0.1) is 5.69 Å². The highest BCUT2D eigenvalue weighted by Crippen LogP contribution is 2.28. The van der Waals surface area contributed by atoms with Crippen LogP contribution in [0.25, 0.3) is 0 Å². The van der Waals surface area contributed by atoms with E-state index in [0.717, 1.165) is 25.0 Å². The lowest BCUT2D eigenvalue weighted by atomic mass is 9.98. The molecule has 1 atom stereocenters. The maximum Gasteiger partial charge on any atom is 0.258 e. The number of aromatic nitrogens is 1. The average Bonchev–Trinajstić information content (AvgIpc) is 2.85. The first-order valence-corrected chi connectivity index (χ1v) is 7.73. The van der Waals surface area contributed by atoms with Crippen LogP contribution in [0.5, 0.6) is 5.75 Å². The summed E-state index contributed by atoms with van der Waals surface area (Å²) < 4.78 is 5.44. The number of para-hydroxylation sites is 1. The molecule has 110 valence electrons. The molecule has 2 aromatic rings. The maximum absolute atomic E-state index is 11.9. The predicted octanol–water partition coefficient (Wildman–Crippen LogP) is 1.78. The van der Waals surface area contributed by atoms with Gasteiger partial charge in [0.15, 0.2) is 11.7 Å². The summed E-state index contributed by atoms with van der Waals surface area (Å²) in [5.41, 5.74) is 6.80. The van der Waals surface area contributed by atoms with E-state index in [0.29, 0.717) is 10.9 Å². The van der Waals surface area contributed by atoms with Gasteiger partial charge < -0.3 is 15.8 Å². The van der Waals surface area contributed by atoms with Crippen molar-refractivity contribution in [2.24, 2.45) is 0 Å². The first kappa shape index (κ1) is 13.9. The van der Waals surface area contributed by atoms with Crippen molar-refractivity contribution in [1.82, 2.24) is 10.3 Å². The molecule has 0 spiro atoms. The molecule has 1 unspecified atom stereocenters. The second kappa shape index (κ2) is 6.13. The van der Waals surface area contributed by atoms with Crippen LogP contribution in [-0.2, 0) is 17.6 Å². The molecule has 0 saturated heterocycles. The maximum atomic E-state index is 11.9. The number of nitrogens with two attached hydrogens (primary N) is 1. The number of carbonyl (C=O) groups excluding carboxylic acids is 1. The molecule has 1 aliphatic rings. The van der Waals surface area contributed by atoms with E-state index in [4.69, 9.17) is 10.5 Å². The van der Waals surface area contributed by atoms with Gasteiger partial charge in [0.2, 0.25) is 0 Å². The highest BCUT2D eigenvalue weighted by atomic mass is 32.1. The van der Waals surface area contributed by atoms with E-state index in [1.165, 1.54) is 16.2 Å². The number of anilines is 1. The number of fused-ring (bicyclic) bond motifs is 1. The fourth-order valence-corrected chi connectivity index (χ4v) is 3.41.